The third kappa shape index (κ3) is 3.19. The molecule has 0 radical (unpaired) electrons. The minimum atomic E-state index is -4.42. The smallest absolute Gasteiger partial charge is 0.416 e. The first-order chi connectivity index (χ1) is 9.31. The van der Waals surface area contributed by atoms with E-state index >= 15 is 0 Å². The highest BCUT2D eigenvalue weighted by atomic mass is 35.5. The van der Waals surface area contributed by atoms with Gasteiger partial charge in [-0.3, -0.25) is 0 Å². The minimum Gasteiger partial charge on any atom is -0.496 e. The Labute approximate surface area is 123 Å². The Balaban J connectivity index is 2.57. The van der Waals surface area contributed by atoms with Gasteiger partial charge in [-0.2, -0.15) is 13.2 Å². The van der Waals surface area contributed by atoms with Crippen LogP contribution in [0.1, 0.15) is 5.56 Å². The Morgan fingerprint density at radius 3 is 2.05 bits per heavy atom. The maximum Gasteiger partial charge on any atom is 0.416 e. The molecule has 0 saturated carbocycles. The summed E-state index contributed by atoms with van der Waals surface area (Å²) < 4.78 is 43.0. The molecule has 0 amide bonds. The first-order valence-electron chi connectivity index (χ1n) is 5.53. The van der Waals surface area contributed by atoms with Gasteiger partial charge in [-0.15, -0.1) is 0 Å². The van der Waals surface area contributed by atoms with Crippen molar-refractivity contribution >= 4 is 23.2 Å². The summed E-state index contributed by atoms with van der Waals surface area (Å²) in [4.78, 5) is 0. The molecular formula is C14H9Cl2F3O. The van der Waals surface area contributed by atoms with Crippen molar-refractivity contribution in [3.63, 3.8) is 0 Å². The third-order valence-electron chi connectivity index (χ3n) is 2.70. The Kier molecular flexibility index (Phi) is 4.16. The number of rotatable bonds is 2. The maximum absolute atomic E-state index is 12.7. The van der Waals surface area contributed by atoms with Gasteiger partial charge in [0.2, 0.25) is 0 Å². The number of hydrogen-bond acceptors (Lipinski definition) is 1. The average molecular weight is 321 g/mol. The zero-order chi connectivity index (χ0) is 14.9. The van der Waals surface area contributed by atoms with Crippen LogP contribution < -0.4 is 4.74 Å². The van der Waals surface area contributed by atoms with Gasteiger partial charge in [0.05, 0.1) is 12.7 Å². The fourth-order valence-electron chi connectivity index (χ4n) is 1.82. The molecule has 0 aliphatic rings. The summed E-state index contributed by atoms with van der Waals surface area (Å²) in [5.74, 6) is 0.109. The lowest BCUT2D eigenvalue weighted by Gasteiger charge is -2.13. The highest BCUT2D eigenvalue weighted by Gasteiger charge is 2.31. The molecule has 0 saturated heterocycles. The number of methoxy groups -OCH3 is 1. The van der Waals surface area contributed by atoms with Crippen molar-refractivity contribution < 1.29 is 17.9 Å². The quantitative estimate of drug-likeness (QED) is 0.690. The van der Waals surface area contributed by atoms with Crippen LogP contribution in [0.4, 0.5) is 13.2 Å². The van der Waals surface area contributed by atoms with Crippen molar-refractivity contribution in [1.29, 1.82) is 0 Å². The van der Waals surface area contributed by atoms with E-state index in [1.807, 2.05) is 0 Å². The van der Waals surface area contributed by atoms with Crippen LogP contribution in [0.2, 0.25) is 10.0 Å². The summed E-state index contributed by atoms with van der Waals surface area (Å²) in [6, 6.07) is 8.04. The summed E-state index contributed by atoms with van der Waals surface area (Å²) in [5, 5.41) is 0.795. The molecule has 0 aliphatic carbocycles. The fraction of sp³-hybridized carbons (Fsp3) is 0.143. The predicted molar refractivity (Wildman–Crippen MR) is 73.5 cm³/mol. The standard InChI is InChI=1S/C14H9Cl2F3O/c1-20-13-6-9(14(17,18)19)2-3-12(13)8-4-10(15)7-11(16)5-8/h2-7H,1H3. The zero-order valence-electron chi connectivity index (χ0n) is 10.3. The van der Waals surface area contributed by atoms with Crippen molar-refractivity contribution in [2.24, 2.45) is 0 Å². The van der Waals surface area contributed by atoms with Crippen molar-refractivity contribution in [2.45, 2.75) is 6.18 Å². The molecule has 0 unspecified atom stereocenters. The molecule has 2 rings (SSSR count). The fourth-order valence-corrected chi connectivity index (χ4v) is 2.34. The Morgan fingerprint density at radius 2 is 1.55 bits per heavy atom. The summed E-state index contributed by atoms with van der Waals surface area (Å²) >= 11 is 11.8. The Hall–Kier alpha value is -1.39. The van der Waals surface area contributed by atoms with E-state index in [4.69, 9.17) is 27.9 Å². The molecule has 0 aliphatic heterocycles. The molecule has 0 bridgehead atoms. The maximum atomic E-state index is 12.7. The zero-order valence-corrected chi connectivity index (χ0v) is 11.8. The van der Waals surface area contributed by atoms with Gasteiger partial charge in [0.15, 0.2) is 0 Å². The van der Waals surface area contributed by atoms with Crippen LogP contribution in [-0.4, -0.2) is 7.11 Å². The van der Waals surface area contributed by atoms with Gasteiger partial charge in [-0.1, -0.05) is 29.3 Å². The number of hydrogen-bond donors (Lipinski definition) is 0. The second-order valence-electron chi connectivity index (χ2n) is 4.07. The van der Waals surface area contributed by atoms with Gasteiger partial charge in [-0.05, 0) is 35.9 Å². The number of halogens is 5. The lowest BCUT2D eigenvalue weighted by Crippen LogP contribution is -2.05. The highest BCUT2D eigenvalue weighted by molar-refractivity contribution is 6.35. The molecule has 106 valence electrons. The van der Waals surface area contributed by atoms with Crippen molar-refractivity contribution in [3.8, 4) is 16.9 Å². The van der Waals surface area contributed by atoms with Crippen LogP contribution in [-0.2, 0) is 6.18 Å². The first kappa shape index (κ1) is 15.0. The van der Waals surface area contributed by atoms with Gasteiger partial charge >= 0.3 is 6.18 Å². The SMILES string of the molecule is COc1cc(C(F)(F)F)ccc1-c1cc(Cl)cc(Cl)c1. The van der Waals surface area contributed by atoms with Crippen molar-refractivity contribution in [1.82, 2.24) is 0 Å². The van der Waals surface area contributed by atoms with Crippen LogP contribution >= 0.6 is 23.2 Å². The largest absolute Gasteiger partial charge is 0.496 e. The van der Waals surface area contributed by atoms with E-state index in [9.17, 15) is 13.2 Å². The number of benzene rings is 2. The normalized spacial score (nSPS) is 11.5. The van der Waals surface area contributed by atoms with E-state index in [1.165, 1.54) is 13.2 Å². The van der Waals surface area contributed by atoms with E-state index < -0.39 is 11.7 Å². The molecular weight excluding hydrogens is 312 g/mol. The lowest BCUT2D eigenvalue weighted by atomic mass is 10.0. The third-order valence-corrected chi connectivity index (χ3v) is 3.14. The van der Waals surface area contributed by atoms with Gasteiger partial charge in [0, 0.05) is 15.6 Å². The summed E-state index contributed by atoms with van der Waals surface area (Å²) in [5.41, 5.74) is 0.309. The van der Waals surface area contributed by atoms with Gasteiger partial charge in [0.1, 0.15) is 5.75 Å². The van der Waals surface area contributed by atoms with Crippen LogP contribution in [0, 0.1) is 0 Å². The molecule has 0 heterocycles. The van der Waals surface area contributed by atoms with E-state index in [1.54, 1.807) is 18.2 Å². The van der Waals surface area contributed by atoms with Crippen LogP contribution in [0.25, 0.3) is 11.1 Å². The summed E-state index contributed by atoms with van der Waals surface area (Å²) in [7, 11) is 1.31. The molecule has 2 aromatic carbocycles. The molecule has 20 heavy (non-hydrogen) atoms. The van der Waals surface area contributed by atoms with Crippen LogP contribution in [0.3, 0.4) is 0 Å². The second kappa shape index (κ2) is 5.54. The molecule has 2 aromatic rings. The molecule has 0 spiro atoms. The van der Waals surface area contributed by atoms with Gasteiger partial charge in [0.25, 0.3) is 0 Å². The average Bonchev–Trinajstić information content (AvgIpc) is 2.35. The van der Waals surface area contributed by atoms with E-state index in [-0.39, 0.29) is 5.75 Å². The number of alkyl halides is 3. The lowest BCUT2D eigenvalue weighted by molar-refractivity contribution is -0.137. The van der Waals surface area contributed by atoms with E-state index in [2.05, 4.69) is 0 Å². The summed E-state index contributed by atoms with van der Waals surface area (Å²) in [6.45, 7) is 0. The Morgan fingerprint density at radius 1 is 0.950 bits per heavy atom. The molecule has 0 N–H and O–H groups in total. The van der Waals surface area contributed by atoms with Crippen molar-refractivity contribution in [3.05, 3.63) is 52.0 Å². The molecule has 0 aromatic heterocycles. The predicted octanol–water partition coefficient (Wildman–Crippen LogP) is 5.69. The molecule has 0 fully saturated rings. The molecule has 0 atom stereocenters. The van der Waals surface area contributed by atoms with Gasteiger partial charge < -0.3 is 4.74 Å². The topological polar surface area (TPSA) is 9.23 Å². The second-order valence-corrected chi connectivity index (χ2v) is 4.94. The molecule has 6 heteroatoms. The Bertz CT molecular complexity index is 619. The monoisotopic (exact) mass is 320 g/mol. The highest BCUT2D eigenvalue weighted by Crippen LogP contribution is 2.38. The molecule has 1 nitrogen and oxygen atoms in total. The van der Waals surface area contributed by atoms with Crippen LogP contribution in [0.5, 0.6) is 5.75 Å². The van der Waals surface area contributed by atoms with E-state index in [0.29, 0.717) is 21.2 Å². The van der Waals surface area contributed by atoms with Crippen molar-refractivity contribution in [2.75, 3.05) is 7.11 Å². The van der Waals surface area contributed by atoms with Crippen LogP contribution in [0.15, 0.2) is 36.4 Å². The number of ether oxygens (including phenoxy) is 1. The summed E-state index contributed by atoms with van der Waals surface area (Å²) in [6.07, 6.45) is -4.42. The van der Waals surface area contributed by atoms with Gasteiger partial charge in [-0.25, -0.2) is 0 Å². The van der Waals surface area contributed by atoms with E-state index in [0.717, 1.165) is 12.1 Å². The minimum absolute atomic E-state index is 0.109. The first-order valence-corrected chi connectivity index (χ1v) is 6.28.